The molecule has 0 saturated carbocycles. The summed E-state index contributed by atoms with van der Waals surface area (Å²) in [6.45, 7) is 1.74. The van der Waals surface area contributed by atoms with Crippen molar-refractivity contribution in [1.29, 1.82) is 0 Å². The molecule has 110 valence electrons. The lowest BCUT2D eigenvalue weighted by Gasteiger charge is -2.13. The quantitative estimate of drug-likeness (QED) is 0.556. The number of benzene rings is 1. The summed E-state index contributed by atoms with van der Waals surface area (Å²) in [5.74, 6) is -1.08. The number of aliphatic hydroxyl groups excluding tert-OH is 1. The minimum absolute atomic E-state index is 0.0207. The SMILES string of the molecule is CC(CC(O)CCOc1ccc([N+](=O)[O-])cc1)C(=O)O. The van der Waals surface area contributed by atoms with Crippen molar-refractivity contribution in [3.05, 3.63) is 34.4 Å². The number of non-ortho nitro benzene ring substituents is 1. The van der Waals surface area contributed by atoms with Gasteiger partial charge in [0, 0.05) is 18.6 Å². The normalized spacial score (nSPS) is 13.5. The summed E-state index contributed by atoms with van der Waals surface area (Å²) in [5, 5.41) is 28.8. The maximum Gasteiger partial charge on any atom is 0.306 e. The summed E-state index contributed by atoms with van der Waals surface area (Å²) in [7, 11) is 0. The number of aliphatic hydroxyl groups is 1. The van der Waals surface area contributed by atoms with Crippen LogP contribution < -0.4 is 4.74 Å². The predicted octanol–water partition coefficient (Wildman–Crippen LogP) is 1.84. The van der Waals surface area contributed by atoms with Crippen molar-refractivity contribution in [2.75, 3.05) is 6.61 Å². The first-order valence-electron chi connectivity index (χ1n) is 6.18. The van der Waals surface area contributed by atoms with Crippen LogP contribution in [0.15, 0.2) is 24.3 Å². The highest BCUT2D eigenvalue weighted by atomic mass is 16.6. The van der Waals surface area contributed by atoms with Crippen LogP contribution in [0.3, 0.4) is 0 Å². The van der Waals surface area contributed by atoms with E-state index in [2.05, 4.69) is 0 Å². The van der Waals surface area contributed by atoms with Gasteiger partial charge < -0.3 is 14.9 Å². The average molecular weight is 283 g/mol. The van der Waals surface area contributed by atoms with E-state index < -0.39 is 22.9 Å². The molecule has 20 heavy (non-hydrogen) atoms. The zero-order valence-electron chi connectivity index (χ0n) is 11.1. The van der Waals surface area contributed by atoms with Gasteiger partial charge in [0.2, 0.25) is 0 Å². The fourth-order valence-corrected chi connectivity index (χ4v) is 1.60. The number of carbonyl (C=O) groups is 1. The molecule has 1 aromatic rings. The molecule has 0 aliphatic heterocycles. The number of nitro benzene ring substituents is 1. The summed E-state index contributed by atoms with van der Waals surface area (Å²) in [4.78, 5) is 20.6. The highest BCUT2D eigenvalue weighted by molar-refractivity contribution is 5.69. The van der Waals surface area contributed by atoms with Gasteiger partial charge in [-0.15, -0.1) is 0 Å². The lowest BCUT2D eigenvalue weighted by atomic mass is 10.0. The molecule has 0 amide bonds. The van der Waals surface area contributed by atoms with Gasteiger partial charge >= 0.3 is 5.97 Å². The summed E-state index contributed by atoms with van der Waals surface area (Å²) >= 11 is 0. The molecule has 0 saturated heterocycles. The third kappa shape index (κ3) is 5.23. The van der Waals surface area contributed by atoms with Crippen LogP contribution >= 0.6 is 0 Å². The monoisotopic (exact) mass is 283 g/mol. The second kappa shape index (κ2) is 7.44. The largest absolute Gasteiger partial charge is 0.493 e. The van der Waals surface area contributed by atoms with Gasteiger partial charge in [-0.3, -0.25) is 14.9 Å². The number of carboxylic acids is 1. The standard InChI is InChI=1S/C13H17NO6/c1-9(13(16)17)8-11(15)6-7-20-12-4-2-10(3-5-12)14(18)19/h2-5,9,11,15H,6-8H2,1H3,(H,16,17). The molecule has 0 spiro atoms. The molecule has 0 bridgehead atoms. The molecule has 2 unspecified atom stereocenters. The van der Waals surface area contributed by atoms with Crippen molar-refractivity contribution in [2.24, 2.45) is 5.92 Å². The van der Waals surface area contributed by atoms with Gasteiger partial charge in [0.15, 0.2) is 0 Å². The first-order valence-corrected chi connectivity index (χ1v) is 6.18. The van der Waals surface area contributed by atoms with E-state index in [9.17, 15) is 20.0 Å². The Morgan fingerprint density at radius 3 is 2.50 bits per heavy atom. The Hall–Kier alpha value is -2.15. The predicted molar refractivity (Wildman–Crippen MR) is 70.6 cm³/mol. The lowest BCUT2D eigenvalue weighted by Crippen LogP contribution is -2.20. The van der Waals surface area contributed by atoms with E-state index >= 15 is 0 Å². The highest BCUT2D eigenvalue weighted by Crippen LogP contribution is 2.18. The van der Waals surface area contributed by atoms with Crippen molar-refractivity contribution < 1.29 is 24.7 Å². The number of carboxylic acid groups (broad SMARTS) is 1. The van der Waals surface area contributed by atoms with Crippen LogP contribution in [0.1, 0.15) is 19.8 Å². The number of hydrogen-bond acceptors (Lipinski definition) is 5. The molecule has 2 N–H and O–H groups in total. The first-order chi connectivity index (χ1) is 9.40. The van der Waals surface area contributed by atoms with Gasteiger partial charge in [-0.05, 0) is 18.6 Å². The van der Waals surface area contributed by atoms with Crippen LogP contribution in [-0.4, -0.2) is 33.8 Å². The van der Waals surface area contributed by atoms with Crippen molar-refractivity contribution in [3.8, 4) is 5.75 Å². The summed E-state index contributed by atoms with van der Waals surface area (Å²) in [6.07, 6.45) is -0.285. The molecular weight excluding hydrogens is 266 g/mol. The van der Waals surface area contributed by atoms with Gasteiger partial charge in [0.25, 0.3) is 5.69 Å². The molecule has 0 aliphatic rings. The molecule has 7 heteroatoms. The van der Waals surface area contributed by atoms with Gasteiger partial charge in [0.1, 0.15) is 5.75 Å². The molecule has 1 rings (SSSR count). The minimum atomic E-state index is -0.944. The second-order valence-electron chi connectivity index (χ2n) is 4.52. The van der Waals surface area contributed by atoms with Gasteiger partial charge in [0.05, 0.1) is 23.6 Å². The Balaban J connectivity index is 2.33. The molecular formula is C13H17NO6. The molecule has 2 atom stereocenters. The lowest BCUT2D eigenvalue weighted by molar-refractivity contribution is -0.384. The number of rotatable bonds is 8. The number of ether oxygens (including phenoxy) is 1. The van der Waals surface area contributed by atoms with E-state index in [1.807, 2.05) is 0 Å². The number of aliphatic carboxylic acids is 1. The molecule has 0 aromatic heterocycles. The Morgan fingerprint density at radius 1 is 1.40 bits per heavy atom. The van der Waals surface area contributed by atoms with Crippen molar-refractivity contribution in [1.82, 2.24) is 0 Å². The van der Waals surface area contributed by atoms with Crippen LogP contribution in [0.2, 0.25) is 0 Å². The van der Waals surface area contributed by atoms with E-state index in [0.29, 0.717) is 12.2 Å². The molecule has 0 heterocycles. The highest BCUT2D eigenvalue weighted by Gasteiger charge is 2.16. The third-order valence-electron chi connectivity index (χ3n) is 2.81. The van der Waals surface area contributed by atoms with Crippen LogP contribution in [-0.2, 0) is 4.79 Å². The first kappa shape index (κ1) is 15.9. The van der Waals surface area contributed by atoms with E-state index in [1.165, 1.54) is 31.2 Å². The molecule has 0 aliphatic carbocycles. The van der Waals surface area contributed by atoms with Gasteiger partial charge in [-0.25, -0.2) is 0 Å². The summed E-state index contributed by atoms with van der Waals surface area (Å²) < 4.78 is 5.32. The van der Waals surface area contributed by atoms with E-state index in [4.69, 9.17) is 9.84 Å². The van der Waals surface area contributed by atoms with E-state index in [1.54, 1.807) is 0 Å². The molecule has 7 nitrogen and oxygen atoms in total. The number of nitrogens with zero attached hydrogens (tertiary/aromatic N) is 1. The van der Waals surface area contributed by atoms with Crippen molar-refractivity contribution in [3.63, 3.8) is 0 Å². The second-order valence-corrected chi connectivity index (χ2v) is 4.52. The maximum absolute atomic E-state index is 10.6. The fraction of sp³-hybridized carbons (Fsp3) is 0.462. The number of nitro groups is 1. The molecule has 1 aromatic carbocycles. The fourth-order valence-electron chi connectivity index (χ4n) is 1.60. The van der Waals surface area contributed by atoms with Gasteiger partial charge in [-0.1, -0.05) is 6.92 Å². The Labute approximate surface area is 116 Å². The van der Waals surface area contributed by atoms with Crippen LogP contribution in [0.4, 0.5) is 5.69 Å². The Kier molecular flexibility index (Phi) is 5.92. The van der Waals surface area contributed by atoms with E-state index in [0.717, 1.165) is 0 Å². The van der Waals surface area contributed by atoms with Crippen molar-refractivity contribution in [2.45, 2.75) is 25.9 Å². The van der Waals surface area contributed by atoms with Crippen LogP contribution in [0.5, 0.6) is 5.75 Å². The Bertz CT molecular complexity index is 458. The third-order valence-corrected chi connectivity index (χ3v) is 2.81. The average Bonchev–Trinajstić information content (AvgIpc) is 2.39. The van der Waals surface area contributed by atoms with Crippen LogP contribution in [0, 0.1) is 16.0 Å². The van der Waals surface area contributed by atoms with Crippen molar-refractivity contribution >= 4 is 11.7 Å². The molecule has 0 fully saturated rings. The zero-order valence-corrected chi connectivity index (χ0v) is 11.1. The van der Waals surface area contributed by atoms with E-state index in [-0.39, 0.29) is 18.7 Å². The maximum atomic E-state index is 10.6. The zero-order chi connectivity index (χ0) is 15.1. The Morgan fingerprint density at radius 2 is 2.00 bits per heavy atom. The summed E-state index contributed by atoms with van der Waals surface area (Å²) in [6, 6.07) is 5.62. The van der Waals surface area contributed by atoms with Crippen LogP contribution in [0.25, 0.3) is 0 Å². The summed E-state index contributed by atoms with van der Waals surface area (Å²) in [5.41, 5.74) is -0.0207. The molecule has 0 radical (unpaired) electrons. The minimum Gasteiger partial charge on any atom is -0.493 e. The topological polar surface area (TPSA) is 110 Å². The smallest absolute Gasteiger partial charge is 0.306 e. The van der Waals surface area contributed by atoms with Gasteiger partial charge in [-0.2, -0.15) is 0 Å². The number of hydrogen-bond donors (Lipinski definition) is 2.